The van der Waals surface area contributed by atoms with Gasteiger partial charge in [0.25, 0.3) is 0 Å². The summed E-state index contributed by atoms with van der Waals surface area (Å²) in [5.74, 6) is 0. The molecule has 2 heterocycles. The first kappa shape index (κ1) is 12.1. The maximum atomic E-state index is 2.35. The Morgan fingerprint density at radius 1 is 1.00 bits per heavy atom. The van der Waals surface area contributed by atoms with Gasteiger partial charge in [-0.15, -0.1) is 11.3 Å². The summed E-state index contributed by atoms with van der Waals surface area (Å²) in [7, 11) is 0. The Bertz CT molecular complexity index is 584. The minimum absolute atomic E-state index is 1.13. The minimum atomic E-state index is 1.13. The molecule has 0 bridgehead atoms. The average molecular weight is 272 g/mol. The van der Waals surface area contributed by atoms with E-state index in [-0.39, 0.29) is 0 Å². The highest BCUT2D eigenvalue weighted by atomic mass is 32.2. The molecule has 1 aromatic heterocycles. The van der Waals surface area contributed by atoms with Crippen molar-refractivity contribution >= 4 is 23.1 Å². The highest BCUT2D eigenvalue weighted by Crippen LogP contribution is 2.44. The summed E-state index contributed by atoms with van der Waals surface area (Å²) in [4.78, 5) is 5.85. The minimum Gasteiger partial charge on any atom is -0.139 e. The van der Waals surface area contributed by atoms with E-state index in [1.54, 1.807) is 0 Å². The maximum Gasteiger partial charge on any atom is 0.0357 e. The zero-order valence-electron chi connectivity index (χ0n) is 10.9. The number of hydrogen-bond acceptors (Lipinski definition) is 2. The summed E-state index contributed by atoms with van der Waals surface area (Å²) >= 11 is 3.87. The number of allylic oxidation sites excluding steroid dienone is 2. The molecule has 3 rings (SSSR count). The lowest BCUT2D eigenvalue weighted by Gasteiger charge is -2.13. The zero-order chi connectivity index (χ0) is 12.7. The Balaban J connectivity index is 1.98. The predicted molar refractivity (Wildman–Crippen MR) is 82.4 cm³/mol. The lowest BCUT2D eigenvalue weighted by Crippen LogP contribution is -1.93. The van der Waals surface area contributed by atoms with Gasteiger partial charge in [-0.3, -0.25) is 0 Å². The van der Waals surface area contributed by atoms with Crippen LogP contribution in [0, 0.1) is 6.92 Å². The molecular weight excluding hydrogens is 256 g/mol. The molecule has 0 radical (unpaired) electrons. The van der Waals surface area contributed by atoms with Crippen LogP contribution < -0.4 is 0 Å². The lowest BCUT2D eigenvalue weighted by atomic mass is 10.1. The van der Waals surface area contributed by atoms with Crippen molar-refractivity contribution in [3.8, 4) is 10.4 Å². The van der Waals surface area contributed by atoms with Crippen molar-refractivity contribution in [3.63, 3.8) is 0 Å². The lowest BCUT2D eigenvalue weighted by molar-refractivity contribution is 1.11. The zero-order valence-corrected chi connectivity index (χ0v) is 12.5. The second-order valence-electron chi connectivity index (χ2n) is 4.88. The van der Waals surface area contributed by atoms with Crippen molar-refractivity contribution in [1.82, 2.24) is 0 Å². The van der Waals surface area contributed by atoms with E-state index in [0.717, 1.165) is 6.42 Å². The standard InChI is InChI=1S/C16H16S2/c1-10-4-6-13(7-5-10)14-9-16-15(18-14)8-11(2)12(3)17-16/h4-7,9H,8H2,1-3H3. The van der Waals surface area contributed by atoms with Gasteiger partial charge in [0, 0.05) is 21.1 Å². The smallest absolute Gasteiger partial charge is 0.0357 e. The predicted octanol–water partition coefficient (Wildman–Crippen LogP) is 5.67. The Morgan fingerprint density at radius 3 is 2.44 bits per heavy atom. The van der Waals surface area contributed by atoms with Gasteiger partial charge in [-0.05, 0) is 37.3 Å². The highest BCUT2D eigenvalue weighted by Gasteiger charge is 2.17. The Kier molecular flexibility index (Phi) is 3.08. The van der Waals surface area contributed by atoms with Gasteiger partial charge in [0.15, 0.2) is 0 Å². The third kappa shape index (κ3) is 2.15. The van der Waals surface area contributed by atoms with Crippen molar-refractivity contribution in [3.05, 3.63) is 51.3 Å². The number of hydrogen-bond donors (Lipinski definition) is 0. The van der Waals surface area contributed by atoms with Gasteiger partial charge in [-0.1, -0.05) is 47.2 Å². The molecule has 18 heavy (non-hydrogen) atoms. The van der Waals surface area contributed by atoms with E-state index in [9.17, 15) is 0 Å². The van der Waals surface area contributed by atoms with Gasteiger partial charge in [0.1, 0.15) is 0 Å². The molecular formula is C16H16S2. The molecule has 0 unspecified atom stereocenters. The Labute approximate surface area is 117 Å². The van der Waals surface area contributed by atoms with Crippen molar-refractivity contribution < 1.29 is 0 Å². The molecule has 0 saturated carbocycles. The molecule has 0 saturated heterocycles. The summed E-state index contributed by atoms with van der Waals surface area (Å²) in [5.41, 5.74) is 4.18. The second kappa shape index (κ2) is 4.60. The van der Waals surface area contributed by atoms with Crippen molar-refractivity contribution in [2.45, 2.75) is 32.1 Å². The van der Waals surface area contributed by atoms with Crippen LogP contribution in [0.25, 0.3) is 10.4 Å². The number of thioether (sulfide) groups is 1. The highest BCUT2D eigenvalue weighted by molar-refractivity contribution is 8.03. The Morgan fingerprint density at radius 2 is 1.72 bits per heavy atom. The van der Waals surface area contributed by atoms with Crippen molar-refractivity contribution in [1.29, 1.82) is 0 Å². The van der Waals surface area contributed by atoms with Gasteiger partial charge in [0.05, 0.1) is 0 Å². The number of aryl methyl sites for hydroxylation is 1. The molecule has 0 atom stereocenters. The molecule has 2 heteroatoms. The molecule has 0 nitrogen and oxygen atoms in total. The monoisotopic (exact) mass is 272 g/mol. The van der Waals surface area contributed by atoms with Gasteiger partial charge in [0.2, 0.25) is 0 Å². The molecule has 2 aromatic rings. The summed E-state index contributed by atoms with van der Waals surface area (Å²) in [6.45, 7) is 6.61. The van der Waals surface area contributed by atoms with Crippen LogP contribution in [-0.2, 0) is 6.42 Å². The van der Waals surface area contributed by atoms with E-state index in [0.29, 0.717) is 0 Å². The van der Waals surface area contributed by atoms with Crippen LogP contribution in [0.4, 0.5) is 0 Å². The molecule has 92 valence electrons. The maximum absolute atomic E-state index is 2.35. The number of rotatable bonds is 1. The quantitative estimate of drug-likeness (QED) is 0.645. The first-order chi connectivity index (χ1) is 8.63. The second-order valence-corrected chi connectivity index (χ2v) is 7.27. The first-order valence-electron chi connectivity index (χ1n) is 6.17. The van der Waals surface area contributed by atoms with E-state index in [2.05, 4.69) is 51.1 Å². The SMILES string of the molecule is CC1=C(C)Sc2cc(-c3ccc(C)cc3)sc2C1. The molecule has 1 aromatic carbocycles. The third-order valence-electron chi connectivity index (χ3n) is 3.40. The van der Waals surface area contributed by atoms with Crippen molar-refractivity contribution in [2.75, 3.05) is 0 Å². The topological polar surface area (TPSA) is 0 Å². The molecule has 0 fully saturated rings. The number of thiophene rings is 1. The molecule has 0 aliphatic carbocycles. The number of fused-ring (bicyclic) bond motifs is 1. The van der Waals surface area contributed by atoms with Gasteiger partial charge in [-0.25, -0.2) is 0 Å². The molecule has 1 aliphatic rings. The van der Waals surface area contributed by atoms with Crippen LogP contribution in [0.3, 0.4) is 0 Å². The molecule has 0 N–H and O–H groups in total. The van der Waals surface area contributed by atoms with Crippen LogP contribution in [0.1, 0.15) is 24.3 Å². The van der Waals surface area contributed by atoms with E-state index in [4.69, 9.17) is 0 Å². The van der Waals surface area contributed by atoms with Gasteiger partial charge < -0.3 is 0 Å². The average Bonchev–Trinajstić information content (AvgIpc) is 2.73. The van der Waals surface area contributed by atoms with E-state index in [1.165, 1.54) is 36.3 Å². The van der Waals surface area contributed by atoms with Crippen LogP contribution in [0.2, 0.25) is 0 Å². The normalized spacial score (nSPS) is 14.8. The summed E-state index contributed by atoms with van der Waals surface area (Å²) < 4.78 is 0. The molecule has 1 aliphatic heterocycles. The first-order valence-corrected chi connectivity index (χ1v) is 7.81. The van der Waals surface area contributed by atoms with Crippen molar-refractivity contribution in [2.24, 2.45) is 0 Å². The molecule has 0 spiro atoms. The van der Waals surface area contributed by atoms with Gasteiger partial charge >= 0.3 is 0 Å². The summed E-state index contributed by atoms with van der Waals surface area (Å²) in [6.07, 6.45) is 1.13. The van der Waals surface area contributed by atoms with Crippen LogP contribution in [0.5, 0.6) is 0 Å². The fourth-order valence-corrected chi connectivity index (χ4v) is 4.51. The Hall–Kier alpha value is -0.990. The summed E-state index contributed by atoms with van der Waals surface area (Å²) in [6, 6.07) is 11.2. The van der Waals surface area contributed by atoms with Crippen LogP contribution in [0.15, 0.2) is 45.7 Å². The number of benzene rings is 1. The van der Waals surface area contributed by atoms with E-state index in [1.807, 2.05) is 23.1 Å². The largest absolute Gasteiger partial charge is 0.139 e. The van der Waals surface area contributed by atoms with Crippen LogP contribution in [-0.4, -0.2) is 0 Å². The van der Waals surface area contributed by atoms with Gasteiger partial charge in [-0.2, -0.15) is 0 Å². The molecule has 0 amide bonds. The van der Waals surface area contributed by atoms with E-state index >= 15 is 0 Å². The fourth-order valence-electron chi connectivity index (χ4n) is 2.10. The third-order valence-corrected chi connectivity index (χ3v) is 5.95. The summed E-state index contributed by atoms with van der Waals surface area (Å²) in [5, 5.41) is 0. The van der Waals surface area contributed by atoms with Crippen LogP contribution >= 0.6 is 23.1 Å². The van der Waals surface area contributed by atoms with E-state index < -0.39 is 0 Å². The fraction of sp³-hybridized carbons (Fsp3) is 0.250.